The molecule has 1 saturated heterocycles. The third-order valence-electron chi connectivity index (χ3n) is 3.61. The predicted molar refractivity (Wildman–Crippen MR) is 75.1 cm³/mol. The second-order valence-electron chi connectivity index (χ2n) is 4.97. The van der Waals surface area contributed by atoms with Gasteiger partial charge in [-0.2, -0.15) is 0 Å². The average Bonchev–Trinajstić information content (AvgIpc) is 2.48. The maximum absolute atomic E-state index is 5.96. The first-order chi connectivity index (χ1) is 9.38. The second kappa shape index (κ2) is 5.67. The van der Waals surface area contributed by atoms with Gasteiger partial charge in [0.25, 0.3) is 0 Å². The number of hydrogen-bond acceptors (Lipinski definition) is 5. The van der Waals surface area contributed by atoms with Crippen molar-refractivity contribution < 1.29 is 9.47 Å². The van der Waals surface area contributed by atoms with Crippen LogP contribution in [0.5, 0.6) is 11.5 Å². The fourth-order valence-electron chi connectivity index (χ4n) is 2.61. The Morgan fingerprint density at radius 2 is 2.16 bits per heavy atom. The topological polar surface area (TPSA) is 59.8 Å². The van der Waals surface area contributed by atoms with E-state index in [4.69, 9.17) is 15.2 Å². The maximum atomic E-state index is 5.96. The van der Waals surface area contributed by atoms with Gasteiger partial charge in [-0.3, -0.25) is 0 Å². The van der Waals surface area contributed by atoms with Crippen LogP contribution in [0.1, 0.15) is 6.42 Å². The van der Waals surface area contributed by atoms with E-state index < -0.39 is 0 Å². The Morgan fingerprint density at radius 1 is 1.32 bits per heavy atom. The van der Waals surface area contributed by atoms with E-state index in [2.05, 4.69) is 16.3 Å². The van der Waals surface area contributed by atoms with Gasteiger partial charge in [0.15, 0.2) is 11.5 Å². The largest absolute Gasteiger partial charge is 0.484 e. The highest BCUT2D eigenvalue weighted by atomic mass is 16.6. The summed E-state index contributed by atoms with van der Waals surface area (Å²) in [7, 11) is 0. The van der Waals surface area contributed by atoms with E-state index in [1.165, 1.54) is 0 Å². The van der Waals surface area contributed by atoms with Crippen molar-refractivity contribution in [1.82, 2.24) is 5.32 Å². The van der Waals surface area contributed by atoms with Crippen molar-refractivity contribution in [3.8, 4) is 11.5 Å². The zero-order valence-corrected chi connectivity index (χ0v) is 11.1. The molecule has 1 aromatic rings. The molecule has 0 aromatic heterocycles. The van der Waals surface area contributed by atoms with Gasteiger partial charge in [-0.05, 0) is 25.1 Å². The third kappa shape index (κ3) is 2.62. The molecule has 1 fully saturated rings. The molecule has 0 amide bonds. The molecule has 5 heteroatoms. The van der Waals surface area contributed by atoms with Crippen LogP contribution >= 0.6 is 0 Å². The third-order valence-corrected chi connectivity index (χ3v) is 3.61. The number of para-hydroxylation sites is 1. The molecule has 2 heterocycles. The zero-order chi connectivity index (χ0) is 13.1. The Bertz CT molecular complexity index is 433. The maximum Gasteiger partial charge on any atom is 0.184 e. The second-order valence-corrected chi connectivity index (χ2v) is 4.97. The smallest absolute Gasteiger partial charge is 0.184 e. The van der Waals surface area contributed by atoms with E-state index in [-0.39, 0.29) is 6.10 Å². The van der Waals surface area contributed by atoms with Crippen molar-refractivity contribution in [2.75, 3.05) is 44.2 Å². The van der Waals surface area contributed by atoms with Crippen LogP contribution in [0.4, 0.5) is 5.69 Å². The lowest BCUT2D eigenvalue weighted by molar-refractivity contribution is 0.0870. The summed E-state index contributed by atoms with van der Waals surface area (Å²) in [4.78, 5) is 2.35. The van der Waals surface area contributed by atoms with Crippen LogP contribution in [0.15, 0.2) is 18.2 Å². The molecule has 19 heavy (non-hydrogen) atoms. The van der Waals surface area contributed by atoms with E-state index in [1.807, 2.05) is 12.1 Å². The highest BCUT2D eigenvalue weighted by molar-refractivity contribution is 5.65. The summed E-state index contributed by atoms with van der Waals surface area (Å²) in [5.41, 5.74) is 6.72. The summed E-state index contributed by atoms with van der Waals surface area (Å²) in [5, 5.41) is 3.36. The molecule has 5 nitrogen and oxygen atoms in total. The number of nitrogens with two attached hydrogens (primary N) is 1. The van der Waals surface area contributed by atoms with Gasteiger partial charge in [0.05, 0.1) is 5.69 Å². The van der Waals surface area contributed by atoms with Crippen LogP contribution in [-0.4, -0.2) is 45.4 Å². The lowest BCUT2D eigenvalue weighted by Crippen LogP contribution is -2.44. The van der Waals surface area contributed by atoms with Gasteiger partial charge in [0, 0.05) is 26.2 Å². The molecule has 2 aliphatic heterocycles. The molecule has 1 aromatic carbocycles. The van der Waals surface area contributed by atoms with Crippen LogP contribution < -0.4 is 25.4 Å². The highest BCUT2D eigenvalue weighted by Crippen LogP contribution is 2.40. The number of nitrogens with zero attached hydrogens (tertiary/aromatic N) is 1. The summed E-state index contributed by atoms with van der Waals surface area (Å²) in [6.45, 7) is 5.26. The lowest BCUT2D eigenvalue weighted by atomic mass is 10.2. The Balaban J connectivity index is 1.81. The van der Waals surface area contributed by atoms with Crippen molar-refractivity contribution in [3.05, 3.63) is 18.2 Å². The summed E-state index contributed by atoms with van der Waals surface area (Å²) < 4.78 is 11.9. The Kier molecular flexibility index (Phi) is 3.75. The lowest BCUT2D eigenvalue weighted by Gasteiger charge is -2.34. The molecule has 104 valence electrons. The number of rotatable bonds is 3. The standard InChI is InChI=1S/C14H21N3O2/c15-5-4-11-10-18-14-12(2-1-3-13(14)19-11)17-8-6-16-7-9-17/h1-3,11,16H,4-10,15H2. The fraction of sp³-hybridized carbons (Fsp3) is 0.571. The molecule has 1 unspecified atom stereocenters. The SMILES string of the molecule is NCCC1COc2c(cccc2N2CCNCC2)O1. The minimum absolute atomic E-state index is 0.0794. The van der Waals surface area contributed by atoms with Crippen LogP contribution in [0.2, 0.25) is 0 Å². The Morgan fingerprint density at radius 3 is 2.95 bits per heavy atom. The average molecular weight is 263 g/mol. The number of anilines is 1. The van der Waals surface area contributed by atoms with Crippen molar-refractivity contribution in [3.63, 3.8) is 0 Å². The molecule has 1 atom stereocenters. The van der Waals surface area contributed by atoms with Gasteiger partial charge in [-0.15, -0.1) is 0 Å². The van der Waals surface area contributed by atoms with Crippen LogP contribution in [0.3, 0.4) is 0 Å². The highest BCUT2D eigenvalue weighted by Gasteiger charge is 2.25. The molecule has 0 saturated carbocycles. The summed E-state index contributed by atoms with van der Waals surface area (Å²) in [6.07, 6.45) is 0.910. The van der Waals surface area contributed by atoms with Gasteiger partial charge >= 0.3 is 0 Å². The number of nitrogens with one attached hydrogen (secondary N) is 1. The van der Waals surface area contributed by atoms with E-state index in [1.54, 1.807) is 0 Å². The first-order valence-corrected chi connectivity index (χ1v) is 6.96. The number of fused-ring (bicyclic) bond motifs is 1. The molecule has 0 bridgehead atoms. The van der Waals surface area contributed by atoms with Gasteiger partial charge in [0.2, 0.25) is 0 Å². The van der Waals surface area contributed by atoms with Gasteiger partial charge in [-0.25, -0.2) is 0 Å². The number of hydrogen-bond donors (Lipinski definition) is 2. The van der Waals surface area contributed by atoms with E-state index in [9.17, 15) is 0 Å². The van der Waals surface area contributed by atoms with Gasteiger partial charge in [-0.1, -0.05) is 6.07 Å². The summed E-state index contributed by atoms with van der Waals surface area (Å²) in [5.74, 6) is 1.73. The van der Waals surface area contributed by atoms with Crippen molar-refractivity contribution >= 4 is 5.69 Å². The van der Waals surface area contributed by atoms with E-state index >= 15 is 0 Å². The Hall–Kier alpha value is -1.46. The summed E-state index contributed by atoms with van der Waals surface area (Å²) >= 11 is 0. The minimum atomic E-state index is 0.0794. The molecule has 2 aliphatic rings. The van der Waals surface area contributed by atoms with E-state index in [0.29, 0.717) is 13.2 Å². The van der Waals surface area contributed by atoms with E-state index in [0.717, 1.165) is 49.8 Å². The molecule has 0 aliphatic carbocycles. The summed E-state index contributed by atoms with van der Waals surface area (Å²) in [6, 6.07) is 6.12. The first kappa shape index (κ1) is 12.6. The van der Waals surface area contributed by atoms with Crippen LogP contribution in [0, 0.1) is 0 Å². The monoisotopic (exact) mass is 263 g/mol. The normalized spacial score (nSPS) is 22.4. The molecule has 0 spiro atoms. The predicted octanol–water partition coefficient (Wildman–Crippen LogP) is 0.585. The molecular formula is C14H21N3O2. The van der Waals surface area contributed by atoms with Crippen molar-refractivity contribution in [1.29, 1.82) is 0 Å². The van der Waals surface area contributed by atoms with Crippen LogP contribution in [-0.2, 0) is 0 Å². The number of ether oxygens (including phenoxy) is 2. The zero-order valence-electron chi connectivity index (χ0n) is 11.1. The molecular weight excluding hydrogens is 242 g/mol. The molecule has 3 rings (SSSR count). The van der Waals surface area contributed by atoms with Gasteiger partial charge in [0.1, 0.15) is 12.7 Å². The van der Waals surface area contributed by atoms with Crippen molar-refractivity contribution in [2.45, 2.75) is 12.5 Å². The molecule has 0 radical (unpaired) electrons. The number of piperazine rings is 1. The van der Waals surface area contributed by atoms with Gasteiger partial charge < -0.3 is 25.4 Å². The quantitative estimate of drug-likeness (QED) is 0.835. The minimum Gasteiger partial charge on any atom is -0.484 e. The van der Waals surface area contributed by atoms with Crippen molar-refractivity contribution in [2.24, 2.45) is 5.73 Å². The molecule has 3 N–H and O–H groups in total. The van der Waals surface area contributed by atoms with Crippen LogP contribution in [0.25, 0.3) is 0 Å². The Labute approximate surface area is 113 Å². The first-order valence-electron chi connectivity index (χ1n) is 6.96. The number of benzene rings is 1. The fourth-order valence-corrected chi connectivity index (χ4v) is 2.61.